The van der Waals surface area contributed by atoms with Gasteiger partial charge in [-0.3, -0.25) is 4.90 Å². The highest BCUT2D eigenvalue weighted by molar-refractivity contribution is 5.13. The molecule has 1 heterocycles. The third-order valence-corrected chi connectivity index (χ3v) is 2.17. The number of aromatic nitrogens is 2. The molecule has 0 aliphatic rings. The van der Waals surface area contributed by atoms with Crippen molar-refractivity contribution in [2.24, 2.45) is 5.73 Å². The average Bonchev–Trinajstić information content (AvgIpc) is 2.02. The second kappa shape index (κ2) is 4.48. The highest BCUT2D eigenvalue weighted by atomic mass is 15.1. The molecule has 4 nitrogen and oxygen atoms in total. The Morgan fingerprint density at radius 1 is 1.36 bits per heavy atom. The SMILES string of the molecule is Cc1cc(C(CN)N(C)C)nc(C)n1. The lowest BCUT2D eigenvalue weighted by Crippen LogP contribution is -2.28. The van der Waals surface area contributed by atoms with Gasteiger partial charge in [0.15, 0.2) is 0 Å². The van der Waals surface area contributed by atoms with Gasteiger partial charge in [0.25, 0.3) is 0 Å². The molecule has 0 bridgehead atoms. The van der Waals surface area contributed by atoms with Crippen molar-refractivity contribution in [1.29, 1.82) is 0 Å². The number of nitrogens with two attached hydrogens (primary N) is 1. The summed E-state index contributed by atoms with van der Waals surface area (Å²) in [6.45, 7) is 4.45. The standard InChI is InChI=1S/C10H18N4/c1-7-5-9(13-8(2)12-7)10(6-11)14(3)4/h5,10H,6,11H2,1-4H3. The number of likely N-dealkylation sites (N-methyl/N-ethyl adjacent to an activating group) is 1. The van der Waals surface area contributed by atoms with Gasteiger partial charge >= 0.3 is 0 Å². The highest BCUT2D eigenvalue weighted by Gasteiger charge is 2.14. The monoisotopic (exact) mass is 194 g/mol. The number of hydrogen-bond acceptors (Lipinski definition) is 4. The van der Waals surface area contributed by atoms with E-state index in [1.807, 2.05) is 34.0 Å². The third-order valence-electron chi connectivity index (χ3n) is 2.17. The minimum absolute atomic E-state index is 0.176. The largest absolute Gasteiger partial charge is 0.329 e. The van der Waals surface area contributed by atoms with Gasteiger partial charge in [0, 0.05) is 12.2 Å². The maximum atomic E-state index is 5.70. The summed E-state index contributed by atoms with van der Waals surface area (Å²) < 4.78 is 0. The van der Waals surface area contributed by atoms with Crippen molar-refractivity contribution >= 4 is 0 Å². The van der Waals surface area contributed by atoms with Crippen molar-refractivity contribution in [1.82, 2.24) is 14.9 Å². The molecule has 0 aromatic carbocycles. The van der Waals surface area contributed by atoms with Crippen LogP contribution in [0, 0.1) is 13.8 Å². The molecule has 2 N–H and O–H groups in total. The third kappa shape index (κ3) is 2.49. The van der Waals surface area contributed by atoms with Gasteiger partial charge in [-0.2, -0.15) is 0 Å². The van der Waals surface area contributed by atoms with Crippen LogP contribution in [0.15, 0.2) is 6.07 Å². The van der Waals surface area contributed by atoms with Gasteiger partial charge in [0.2, 0.25) is 0 Å². The first kappa shape index (κ1) is 11.1. The van der Waals surface area contributed by atoms with E-state index in [1.54, 1.807) is 0 Å². The Hall–Kier alpha value is -1.00. The molecule has 0 spiro atoms. The van der Waals surface area contributed by atoms with Crippen LogP contribution in [0.4, 0.5) is 0 Å². The van der Waals surface area contributed by atoms with Crippen molar-refractivity contribution in [3.05, 3.63) is 23.3 Å². The van der Waals surface area contributed by atoms with Gasteiger partial charge in [-0.05, 0) is 34.0 Å². The summed E-state index contributed by atoms with van der Waals surface area (Å²) in [7, 11) is 4.01. The molecule has 0 amide bonds. The van der Waals surface area contributed by atoms with E-state index in [1.165, 1.54) is 0 Å². The molecule has 0 saturated carbocycles. The summed E-state index contributed by atoms with van der Waals surface area (Å²) in [5.74, 6) is 0.806. The molecule has 1 aromatic rings. The number of nitrogens with zero attached hydrogens (tertiary/aromatic N) is 3. The molecular weight excluding hydrogens is 176 g/mol. The summed E-state index contributed by atoms with van der Waals surface area (Å²) in [5, 5.41) is 0. The van der Waals surface area contributed by atoms with Crippen LogP contribution in [0.3, 0.4) is 0 Å². The second-order valence-electron chi connectivity index (χ2n) is 3.70. The van der Waals surface area contributed by atoms with E-state index in [9.17, 15) is 0 Å². The summed E-state index contributed by atoms with van der Waals surface area (Å²) >= 11 is 0. The fourth-order valence-electron chi connectivity index (χ4n) is 1.51. The van der Waals surface area contributed by atoms with Crippen molar-refractivity contribution in [3.8, 4) is 0 Å². The molecule has 0 aliphatic carbocycles. The molecule has 1 aromatic heterocycles. The van der Waals surface area contributed by atoms with E-state index < -0.39 is 0 Å². The van der Waals surface area contributed by atoms with Gasteiger partial charge in [-0.1, -0.05) is 0 Å². The predicted octanol–water partition coefficient (Wildman–Crippen LogP) is 0.655. The zero-order chi connectivity index (χ0) is 10.7. The minimum Gasteiger partial charge on any atom is -0.329 e. The van der Waals surface area contributed by atoms with Gasteiger partial charge in [0.1, 0.15) is 5.82 Å². The fourth-order valence-corrected chi connectivity index (χ4v) is 1.51. The molecule has 1 rings (SSSR count). The van der Waals surface area contributed by atoms with Crippen LogP contribution in [0.2, 0.25) is 0 Å². The van der Waals surface area contributed by atoms with Gasteiger partial charge in [0.05, 0.1) is 11.7 Å². The van der Waals surface area contributed by atoms with E-state index in [2.05, 4.69) is 14.9 Å². The lowest BCUT2D eigenvalue weighted by molar-refractivity contribution is 0.299. The molecule has 1 atom stereocenters. The molecule has 0 fully saturated rings. The summed E-state index contributed by atoms with van der Waals surface area (Å²) in [6.07, 6.45) is 0. The van der Waals surface area contributed by atoms with Crippen LogP contribution in [-0.2, 0) is 0 Å². The summed E-state index contributed by atoms with van der Waals surface area (Å²) in [5.41, 5.74) is 7.70. The van der Waals surface area contributed by atoms with Crippen molar-refractivity contribution in [3.63, 3.8) is 0 Å². The number of rotatable bonds is 3. The maximum Gasteiger partial charge on any atom is 0.125 e. The predicted molar refractivity (Wildman–Crippen MR) is 57.0 cm³/mol. The van der Waals surface area contributed by atoms with E-state index in [4.69, 9.17) is 5.73 Å². The number of hydrogen-bond donors (Lipinski definition) is 1. The molecule has 0 saturated heterocycles. The summed E-state index contributed by atoms with van der Waals surface area (Å²) in [6, 6.07) is 2.17. The second-order valence-corrected chi connectivity index (χ2v) is 3.70. The molecule has 0 aliphatic heterocycles. The lowest BCUT2D eigenvalue weighted by atomic mass is 10.1. The maximum absolute atomic E-state index is 5.70. The van der Waals surface area contributed by atoms with Gasteiger partial charge < -0.3 is 5.73 Å². The van der Waals surface area contributed by atoms with E-state index in [0.717, 1.165) is 17.2 Å². The van der Waals surface area contributed by atoms with Crippen LogP contribution in [0.1, 0.15) is 23.3 Å². The van der Waals surface area contributed by atoms with Crippen LogP contribution in [0.5, 0.6) is 0 Å². The molecule has 4 heteroatoms. The average molecular weight is 194 g/mol. The Labute approximate surface area is 85.2 Å². The summed E-state index contributed by atoms with van der Waals surface area (Å²) in [4.78, 5) is 10.7. The Morgan fingerprint density at radius 2 is 2.00 bits per heavy atom. The normalized spacial score (nSPS) is 13.3. The fraction of sp³-hybridized carbons (Fsp3) is 0.600. The lowest BCUT2D eigenvalue weighted by Gasteiger charge is -2.22. The Morgan fingerprint density at radius 3 is 2.43 bits per heavy atom. The first-order chi connectivity index (χ1) is 6.54. The molecular formula is C10H18N4. The van der Waals surface area contributed by atoms with Crippen LogP contribution in [-0.4, -0.2) is 35.5 Å². The Kier molecular flexibility index (Phi) is 3.55. The molecule has 0 radical (unpaired) electrons. The molecule has 78 valence electrons. The van der Waals surface area contributed by atoms with Gasteiger partial charge in [-0.15, -0.1) is 0 Å². The van der Waals surface area contributed by atoms with E-state index >= 15 is 0 Å². The topological polar surface area (TPSA) is 55.0 Å². The van der Waals surface area contributed by atoms with Crippen molar-refractivity contribution < 1.29 is 0 Å². The van der Waals surface area contributed by atoms with Gasteiger partial charge in [-0.25, -0.2) is 9.97 Å². The molecule has 1 unspecified atom stereocenters. The van der Waals surface area contributed by atoms with Crippen LogP contribution >= 0.6 is 0 Å². The van der Waals surface area contributed by atoms with Crippen LogP contribution in [0.25, 0.3) is 0 Å². The minimum atomic E-state index is 0.176. The first-order valence-electron chi connectivity index (χ1n) is 4.73. The molecule has 14 heavy (non-hydrogen) atoms. The van der Waals surface area contributed by atoms with Crippen molar-refractivity contribution in [2.75, 3.05) is 20.6 Å². The van der Waals surface area contributed by atoms with Crippen molar-refractivity contribution in [2.45, 2.75) is 19.9 Å². The van der Waals surface area contributed by atoms with Crippen LogP contribution < -0.4 is 5.73 Å². The number of aryl methyl sites for hydroxylation is 2. The first-order valence-corrected chi connectivity index (χ1v) is 4.73. The van der Waals surface area contributed by atoms with E-state index in [-0.39, 0.29) is 6.04 Å². The zero-order valence-corrected chi connectivity index (χ0v) is 9.28. The highest BCUT2D eigenvalue weighted by Crippen LogP contribution is 2.14. The van der Waals surface area contributed by atoms with E-state index in [0.29, 0.717) is 6.54 Å². The zero-order valence-electron chi connectivity index (χ0n) is 9.28. The quantitative estimate of drug-likeness (QED) is 0.767. The smallest absolute Gasteiger partial charge is 0.125 e. The Balaban J connectivity index is 3.04. The Bertz CT molecular complexity index is 289.